The quantitative estimate of drug-likeness (QED) is 0.878. The number of hydrogen-bond acceptors (Lipinski definition) is 4. The van der Waals surface area contributed by atoms with Crippen LogP contribution in [0.4, 0.5) is 0 Å². The summed E-state index contributed by atoms with van der Waals surface area (Å²) in [5.74, 6) is 0. The molecule has 1 atom stereocenters. The fourth-order valence-corrected chi connectivity index (χ4v) is 2.42. The summed E-state index contributed by atoms with van der Waals surface area (Å²) in [5, 5.41) is 9.73. The topological polar surface area (TPSA) is 42.7 Å². The molecule has 0 radical (unpaired) electrons. The average Bonchev–Trinajstić information content (AvgIpc) is 2.85. The minimum Gasteiger partial charge on any atom is -0.311 e. The number of nitrogens with one attached hydrogen (secondary N) is 1. The van der Waals surface area contributed by atoms with Crippen molar-refractivity contribution in [2.45, 2.75) is 19.4 Å². The second-order valence-corrected chi connectivity index (χ2v) is 4.58. The molecular weight excluding hydrogens is 220 g/mol. The smallest absolute Gasteiger partial charge is 0.0795 e. The number of aromatic nitrogens is 3. The minimum atomic E-state index is 0.265. The summed E-state index contributed by atoms with van der Waals surface area (Å²) >= 11 is 1.63. The number of rotatable bonds is 4. The van der Waals surface area contributed by atoms with E-state index in [1.165, 1.54) is 5.69 Å². The molecule has 2 rings (SSSR count). The molecule has 0 fully saturated rings. The second-order valence-electron chi connectivity index (χ2n) is 3.86. The van der Waals surface area contributed by atoms with Gasteiger partial charge in [0, 0.05) is 24.5 Å². The lowest BCUT2D eigenvalue weighted by atomic mass is 10.1. The van der Waals surface area contributed by atoms with E-state index in [1.807, 2.05) is 31.2 Å². The zero-order valence-electron chi connectivity index (χ0n) is 9.77. The predicted octanol–water partition coefficient (Wildman–Crippen LogP) is 1.69. The van der Waals surface area contributed by atoms with E-state index in [4.69, 9.17) is 0 Å². The zero-order chi connectivity index (χ0) is 11.5. The molecule has 0 amide bonds. The molecule has 0 spiro atoms. The van der Waals surface area contributed by atoms with E-state index in [1.54, 1.807) is 11.3 Å². The standard InChI is InChI=1S/C11H16N4S/c1-8-4-9(15(3)14-8)5-10(12-2)11-6-16-7-13-11/h4,6-7,10,12H,5H2,1-3H3. The van der Waals surface area contributed by atoms with Gasteiger partial charge in [0.2, 0.25) is 0 Å². The fraction of sp³-hybridized carbons (Fsp3) is 0.455. The van der Waals surface area contributed by atoms with Crippen LogP contribution in [0.2, 0.25) is 0 Å². The Kier molecular flexibility index (Phi) is 3.36. The average molecular weight is 236 g/mol. The van der Waals surface area contributed by atoms with Crippen molar-refractivity contribution >= 4 is 11.3 Å². The van der Waals surface area contributed by atoms with Crippen molar-refractivity contribution in [1.82, 2.24) is 20.1 Å². The van der Waals surface area contributed by atoms with Gasteiger partial charge in [0.25, 0.3) is 0 Å². The first kappa shape index (κ1) is 11.3. The normalized spacial score (nSPS) is 12.9. The molecule has 16 heavy (non-hydrogen) atoms. The Labute approximate surface area is 99.3 Å². The lowest BCUT2D eigenvalue weighted by Crippen LogP contribution is -2.20. The maximum Gasteiger partial charge on any atom is 0.0795 e. The zero-order valence-corrected chi connectivity index (χ0v) is 10.6. The highest BCUT2D eigenvalue weighted by atomic mass is 32.1. The molecule has 1 unspecified atom stereocenters. The second kappa shape index (κ2) is 4.76. The van der Waals surface area contributed by atoms with Crippen molar-refractivity contribution < 1.29 is 0 Å². The van der Waals surface area contributed by atoms with E-state index < -0.39 is 0 Å². The van der Waals surface area contributed by atoms with Crippen LogP contribution in [0, 0.1) is 6.92 Å². The van der Waals surface area contributed by atoms with E-state index in [0.29, 0.717) is 0 Å². The maximum absolute atomic E-state index is 4.35. The Bertz CT molecular complexity index is 447. The first-order valence-corrected chi connectivity index (χ1v) is 6.20. The van der Waals surface area contributed by atoms with Crippen LogP contribution in [0.1, 0.15) is 23.1 Å². The third-order valence-electron chi connectivity index (χ3n) is 2.67. The van der Waals surface area contributed by atoms with Crippen molar-refractivity contribution in [2.75, 3.05) is 7.05 Å². The molecule has 1 N–H and O–H groups in total. The van der Waals surface area contributed by atoms with E-state index in [0.717, 1.165) is 17.8 Å². The first-order chi connectivity index (χ1) is 7.70. The summed E-state index contributed by atoms with van der Waals surface area (Å²) in [7, 11) is 3.95. The molecule has 86 valence electrons. The van der Waals surface area contributed by atoms with Crippen molar-refractivity contribution in [2.24, 2.45) is 7.05 Å². The van der Waals surface area contributed by atoms with Crippen molar-refractivity contribution in [3.8, 4) is 0 Å². The van der Waals surface area contributed by atoms with Crippen molar-refractivity contribution in [1.29, 1.82) is 0 Å². The molecule has 4 nitrogen and oxygen atoms in total. The summed E-state index contributed by atoms with van der Waals surface area (Å²) in [6.07, 6.45) is 0.914. The molecule has 2 aromatic rings. The fourth-order valence-electron chi connectivity index (χ4n) is 1.81. The lowest BCUT2D eigenvalue weighted by molar-refractivity contribution is 0.551. The van der Waals surface area contributed by atoms with Crippen molar-refractivity contribution in [3.05, 3.63) is 34.0 Å². The number of thiazole rings is 1. The van der Waals surface area contributed by atoms with Gasteiger partial charge in [0.1, 0.15) is 0 Å². The molecule has 0 aromatic carbocycles. The summed E-state index contributed by atoms with van der Waals surface area (Å²) < 4.78 is 1.94. The third kappa shape index (κ3) is 2.31. The molecule has 0 aliphatic carbocycles. The predicted molar refractivity (Wildman–Crippen MR) is 65.6 cm³/mol. The van der Waals surface area contributed by atoms with E-state index in [2.05, 4.69) is 26.8 Å². The highest BCUT2D eigenvalue weighted by Crippen LogP contribution is 2.18. The molecule has 0 bridgehead atoms. The summed E-state index contributed by atoms with van der Waals surface area (Å²) in [4.78, 5) is 4.35. The van der Waals surface area contributed by atoms with Gasteiger partial charge in [-0.1, -0.05) is 0 Å². The van der Waals surface area contributed by atoms with Crippen LogP contribution in [-0.4, -0.2) is 21.8 Å². The molecule has 0 aliphatic heterocycles. The number of likely N-dealkylation sites (N-methyl/N-ethyl adjacent to an activating group) is 1. The van der Waals surface area contributed by atoms with Gasteiger partial charge < -0.3 is 5.32 Å². The Balaban J connectivity index is 2.16. The van der Waals surface area contributed by atoms with Crippen LogP contribution in [0.25, 0.3) is 0 Å². The monoisotopic (exact) mass is 236 g/mol. The van der Waals surface area contributed by atoms with Gasteiger partial charge in [-0.15, -0.1) is 11.3 Å². The van der Waals surface area contributed by atoms with Crippen LogP contribution in [-0.2, 0) is 13.5 Å². The van der Waals surface area contributed by atoms with Gasteiger partial charge in [-0.05, 0) is 20.0 Å². The minimum absolute atomic E-state index is 0.265. The largest absolute Gasteiger partial charge is 0.311 e. The van der Waals surface area contributed by atoms with Gasteiger partial charge >= 0.3 is 0 Å². The first-order valence-electron chi connectivity index (χ1n) is 5.25. The third-order valence-corrected chi connectivity index (χ3v) is 3.27. The van der Waals surface area contributed by atoms with Gasteiger partial charge in [0.05, 0.1) is 22.9 Å². The van der Waals surface area contributed by atoms with Gasteiger partial charge in [0.15, 0.2) is 0 Å². The molecular formula is C11H16N4S. The molecule has 5 heteroatoms. The Morgan fingerprint density at radius 1 is 1.56 bits per heavy atom. The molecule has 0 saturated heterocycles. The van der Waals surface area contributed by atoms with Crippen LogP contribution < -0.4 is 5.32 Å². The molecule has 0 saturated carbocycles. The SMILES string of the molecule is CNC(Cc1cc(C)nn1C)c1cscn1. The maximum atomic E-state index is 4.35. The molecule has 2 heterocycles. The van der Waals surface area contributed by atoms with Gasteiger partial charge in [-0.25, -0.2) is 4.98 Å². The van der Waals surface area contributed by atoms with E-state index >= 15 is 0 Å². The van der Waals surface area contributed by atoms with Crippen LogP contribution in [0.3, 0.4) is 0 Å². The summed E-state index contributed by atoms with van der Waals surface area (Å²) in [6.45, 7) is 2.01. The highest BCUT2D eigenvalue weighted by Gasteiger charge is 2.14. The number of hydrogen-bond donors (Lipinski definition) is 1. The van der Waals surface area contributed by atoms with Gasteiger partial charge in [-0.2, -0.15) is 5.10 Å². The highest BCUT2D eigenvalue weighted by molar-refractivity contribution is 7.07. The number of aryl methyl sites for hydroxylation is 2. The lowest BCUT2D eigenvalue weighted by Gasteiger charge is -2.13. The molecule has 0 aliphatic rings. The number of nitrogens with zero attached hydrogens (tertiary/aromatic N) is 3. The van der Waals surface area contributed by atoms with E-state index in [9.17, 15) is 0 Å². The van der Waals surface area contributed by atoms with Crippen LogP contribution >= 0.6 is 11.3 Å². The van der Waals surface area contributed by atoms with E-state index in [-0.39, 0.29) is 6.04 Å². The molecule has 2 aromatic heterocycles. The summed E-state index contributed by atoms with van der Waals surface area (Å²) in [6, 6.07) is 2.39. The van der Waals surface area contributed by atoms with Crippen molar-refractivity contribution in [3.63, 3.8) is 0 Å². The Hall–Kier alpha value is -1.20. The Morgan fingerprint density at radius 2 is 2.38 bits per heavy atom. The van der Waals surface area contributed by atoms with Crippen LogP contribution in [0.5, 0.6) is 0 Å². The Morgan fingerprint density at radius 3 is 2.88 bits per heavy atom. The van der Waals surface area contributed by atoms with Crippen LogP contribution in [0.15, 0.2) is 17.0 Å². The summed E-state index contributed by atoms with van der Waals surface area (Å²) in [5.41, 5.74) is 5.26. The van der Waals surface area contributed by atoms with Gasteiger partial charge in [-0.3, -0.25) is 4.68 Å².